The summed E-state index contributed by atoms with van der Waals surface area (Å²) in [5, 5.41) is 12.5. The van der Waals surface area contributed by atoms with Crippen LogP contribution in [0.25, 0.3) is 11.5 Å². The Morgan fingerprint density at radius 3 is 2.58 bits per heavy atom. The number of aliphatic carboxylic acids is 1. The summed E-state index contributed by atoms with van der Waals surface area (Å²) in [6, 6.07) is 11.1. The minimum atomic E-state index is -0.916. The Morgan fingerprint density at radius 1 is 1.15 bits per heavy atom. The molecule has 3 aromatic rings. The highest BCUT2D eigenvalue weighted by atomic mass is 16.5. The van der Waals surface area contributed by atoms with Gasteiger partial charge < -0.3 is 19.1 Å². The van der Waals surface area contributed by atoms with Crippen molar-refractivity contribution in [2.75, 3.05) is 7.11 Å². The molecule has 8 nitrogen and oxygen atoms in total. The average Bonchev–Trinajstić information content (AvgIpc) is 3.14. The van der Waals surface area contributed by atoms with Crippen LogP contribution >= 0.6 is 0 Å². The Hall–Kier alpha value is -3.42. The number of carbonyl (C=O) groups is 1. The molecule has 134 valence electrons. The number of aryl methyl sites for hydroxylation is 1. The molecule has 0 fully saturated rings. The van der Waals surface area contributed by atoms with E-state index in [4.69, 9.17) is 19.1 Å². The highest BCUT2D eigenvalue weighted by molar-refractivity contribution is 5.66. The number of nitrogens with zero attached hydrogens (tertiary/aromatic N) is 3. The first-order chi connectivity index (χ1) is 12.6. The van der Waals surface area contributed by atoms with Gasteiger partial charge in [0.1, 0.15) is 23.8 Å². The quantitative estimate of drug-likeness (QED) is 0.657. The summed E-state index contributed by atoms with van der Waals surface area (Å²) in [6.45, 7) is 0.409. The number of benzene rings is 1. The third kappa shape index (κ3) is 4.56. The lowest BCUT2D eigenvalue weighted by molar-refractivity contribution is -0.137. The SMILES string of the molecule is COc1ccc(COc2ccc(-c3noc(CCC(=O)O)n3)nc2)cc1. The van der Waals surface area contributed by atoms with Crippen LogP contribution in [0.15, 0.2) is 47.1 Å². The lowest BCUT2D eigenvalue weighted by Gasteiger charge is -2.07. The Bertz CT molecular complexity index is 859. The number of hydrogen-bond acceptors (Lipinski definition) is 7. The fourth-order valence-corrected chi connectivity index (χ4v) is 2.16. The van der Waals surface area contributed by atoms with Crippen LogP contribution < -0.4 is 9.47 Å². The van der Waals surface area contributed by atoms with E-state index in [2.05, 4.69) is 15.1 Å². The Kier molecular flexibility index (Phi) is 5.43. The van der Waals surface area contributed by atoms with E-state index in [9.17, 15) is 4.79 Å². The molecule has 0 saturated carbocycles. The zero-order valence-electron chi connectivity index (χ0n) is 14.1. The van der Waals surface area contributed by atoms with Crippen LogP contribution in [0.5, 0.6) is 11.5 Å². The van der Waals surface area contributed by atoms with E-state index in [1.165, 1.54) is 0 Å². The smallest absolute Gasteiger partial charge is 0.303 e. The standard InChI is InChI=1S/C18H17N3O5/c1-24-13-4-2-12(3-5-13)11-25-14-6-7-15(19-10-14)18-20-16(26-21-18)8-9-17(22)23/h2-7,10H,8-9,11H2,1H3,(H,22,23). The fourth-order valence-electron chi connectivity index (χ4n) is 2.16. The van der Waals surface area contributed by atoms with Crippen molar-refractivity contribution in [1.82, 2.24) is 15.1 Å². The third-order valence-corrected chi connectivity index (χ3v) is 3.55. The predicted molar refractivity (Wildman–Crippen MR) is 90.8 cm³/mol. The molecular formula is C18H17N3O5. The van der Waals surface area contributed by atoms with Crippen molar-refractivity contribution in [3.8, 4) is 23.0 Å². The molecular weight excluding hydrogens is 338 g/mol. The Labute approximate surface area is 149 Å². The Balaban J connectivity index is 1.58. The molecule has 1 aromatic carbocycles. The van der Waals surface area contributed by atoms with E-state index in [1.807, 2.05) is 24.3 Å². The molecule has 0 unspecified atom stereocenters. The van der Waals surface area contributed by atoms with Gasteiger partial charge in [-0.05, 0) is 29.8 Å². The number of pyridine rings is 1. The monoisotopic (exact) mass is 355 g/mol. The maximum Gasteiger partial charge on any atom is 0.303 e. The molecule has 0 aliphatic carbocycles. The van der Waals surface area contributed by atoms with Crippen LogP contribution in [-0.4, -0.2) is 33.3 Å². The van der Waals surface area contributed by atoms with Gasteiger partial charge in [-0.25, -0.2) is 4.98 Å². The molecule has 1 N–H and O–H groups in total. The van der Waals surface area contributed by atoms with E-state index < -0.39 is 5.97 Å². The molecule has 0 aliphatic heterocycles. The number of ether oxygens (including phenoxy) is 2. The van der Waals surface area contributed by atoms with Gasteiger partial charge in [-0.3, -0.25) is 4.79 Å². The molecule has 0 aliphatic rings. The van der Waals surface area contributed by atoms with Crippen molar-refractivity contribution in [2.45, 2.75) is 19.4 Å². The minimum absolute atomic E-state index is 0.0623. The molecule has 2 heterocycles. The molecule has 3 rings (SSSR count). The number of carboxylic acids is 1. The molecule has 2 aromatic heterocycles. The molecule has 26 heavy (non-hydrogen) atoms. The van der Waals surface area contributed by atoms with Crippen molar-refractivity contribution in [1.29, 1.82) is 0 Å². The summed E-state index contributed by atoms with van der Waals surface area (Å²) in [5.41, 5.74) is 1.53. The Morgan fingerprint density at radius 2 is 1.92 bits per heavy atom. The van der Waals surface area contributed by atoms with Crippen molar-refractivity contribution >= 4 is 5.97 Å². The second-order valence-corrected chi connectivity index (χ2v) is 5.42. The normalized spacial score (nSPS) is 10.5. The van der Waals surface area contributed by atoms with Gasteiger partial charge in [-0.2, -0.15) is 4.98 Å². The number of carboxylic acid groups (broad SMARTS) is 1. The van der Waals surface area contributed by atoms with Gasteiger partial charge in [0, 0.05) is 6.42 Å². The number of hydrogen-bond donors (Lipinski definition) is 1. The number of rotatable bonds is 8. The van der Waals surface area contributed by atoms with E-state index in [1.54, 1.807) is 25.4 Å². The first-order valence-corrected chi connectivity index (χ1v) is 7.90. The lowest BCUT2D eigenvalue weighted by Crippen LogP contribution is -1.98. The molecule has 0 spiro atoms. The third-order valence-electron chi connectivity index (χ3n) is 3.55. The van der Waals surface area contributed by atoms with Crippen LogP contribution in [0.4, 0.5) is 0 Å². The zero-order chi connectivity index (χ0) is 18.4. The van der Waals surface area contributed by atoms with Crippen molar-refractivity contribution in [2.24, 2.45) is 0 Å². The van der Waals surface area contributed by atoms with E-state index in [0.29, 0.717) is 23.9 Å². The number of methoxy groups -OCH3 is 1. The van der Waals surface area contributed by atoms with Crippen LogP contribution in [0.1, 0.15) is 17.9 Å². The first kappa shape index (κ1) is 17.4. The summed E-state index contributed by atoms with van der Waals surface area (Å²) >= 11 is 0. The average molecular weight is 355 g/mol. The summed E-state index contributed by atoms with van der Waals surface area (Å²) < 4.78 is 15.8. The van der Waals surface area contributed by atoms with E-state index in [-0.39, 0.29) is 18.7 Å². The van der Waals surface area contributed by atoms with Crippen molar-refractivity contribution in [3.63, 3.8) is 0 Å². The second-order valence-electron chi connectivity index (χ2n) is 5.42. The van der Waals surface area contributed by atoms with Crippen LogP contribution in [0.3, 0.4) is 0 Å². The fraction of sp³-hybridized carbons (Fsp3) is 0.222. The van der Waals surface area contributed by atoms with Gasteiger partial charge in [0.25, 0.3) is 0 Å². The highest BCUT2D eigenvalue weighted by Gasteiger charge is 2.11. The van der Waals surface area contributed by atoms with Gasteiger partial charge in [-0.15, -0.1) is 0 Å². The van der Waals surface area contributed by atoms with Gasteiger partial charge in [0.05, 0.1) is 19.7 Å². The van der Waals surface area contributed by atoms with Gasteiger partial charge in [0.15, 0.2) is 0 Å². The van der Waals surface area contributed by atoms with Crippen LogP contribution in [0.2, 0.25) is 0 Å². The highest BCUT2D eigenvalue weighted by Crippen LogP contribution is 2.19. The van der Waals surface area contributed by atoms with Gasteiger partial charge >= 0.3 is 5.97 Å². The first-order valence-electron chi connectivity index (χ1n) is 7.90. The maximum atomic E-state index is 10.6. The van der Waals surface area contributed by atoms with Crippen molar-refractivity contribution < 1.29 is 23.9 Å². The van der Waals surface area contributed by atoms with Crippen molar-refractivity contribution in [3.05, 3.63) is 54.0 Å². The summed E-state index contributed by atoms with van der Waals surface area (Å²) in [4.78, 5) is 18.9. The largest absolute Gasteiger partial charge is 0.497 e. The van der Waals surface area contributed by atoms with Gasteiger partial charge in [-0.1, -0.05) is 17.3 Å². The van der Waals surface area contributed by atoms with Gasteiger partial charge in [0.2, 0.25) is 11.7 Å². The second kappa shape index (κ2) is 8.11. The predicted octanol–water partition coefficient (Wildman–Crippen LogP) is 2.74. The summed E-state index contributed by atoms with van der Waals surface area (Å²) in [7, 11) is 1.62. The van der Waals surface area contributed by atoms with Crippen LogP contribution in [0, 0.1) is 0 Å². The molecule has 8 heteroatoms. The van der Waals surface area contributed by atoms with E-state index >= 15 is 0 Å². The summed E-state index contributed by atoms with van der Waals surface area (Å²) in [6.07, 6.45) is 1.70. The zero-order valence-corrected chi connectivity index (χ0v) is 14.1. The topological polar surface area (TPSA) is 108 Å². The summed E-state index contributed by atoms with van der Waals surface area (Å²) in [5.74, 6) is 1.07. The molecule has 0 saturated heterocycles. The minimum Gasteiger partial charge on any atom is -0.497 e. The van der Waals surface area contributed by atoms with E-state index in [0.717, 1.165) is 11.3 Å². The molecule has 0 amide bonds. The maximum absolute atomic E-state index is 10.6. The molecule has 0 radical (unpaired) electrons. The lowest BCUT2D eigenvalue weighted by atomic mass is 10.2. The number of aromatic nitrogens is 3. The molecule has 0 bridgehead atoms. The van der Waals surface area contributed by atoms with Crippen LogP contribution in [-0.2, 0) is 17.8 Å². The molecule has 0 atom stereocenters.